The fourth-order valence-corrected chi connectivity index (χ4v) is 3.87. The second kappa shape index (κ2) is 9.02. The van der Waals surface area contributed by atoms with Crippen LogP contribution < -0.4 is 10.2 Å². The highest BCUT2D eigenvalue weighted by Crippen LogP contribution is 2.39. The Kier molecular flexibility index (Phi) is 6.64. The maximum atomic E-state index is 11.6. The van der Waals surface area contributed by atoms with Gasteiger partial charge in [-0.25, -0.2) is 4.98 Å². The van der Waals surface area contributed by atoms with Gasteiger partial charge in [-0.15, -0.1) is 0 Å². The molecule has 0 unspecified atom stereocenters. The molecule has 30 heavy (non-hydrogen) atoms. The Morgan fingerprint density at radius 2 is 1.90 bits per heavy atom. The smallest absolute Gasteiger partial charge is 0.307 e. The number of rotatable bonds is 7. The van der Waals surface area contributed by atoms with Gasteiger partial charge in [0.25, 0.3) is 0 Å². The zero-order valence-corrected chi connectivity index (χ0v) is 18.8. The molecule has 0 bridgehead atoms. The summed E-state index contributed by atoms with van der Waals surface area (Å²) in [5, 5.41) is 12.9. The van der Waals surface area contributed by atoms with Gasteiger partial charge in [0.05, 0.1) is 12.1 Å². The van der Waals surface area contributed by atoms with Crippen molar-refractivity contribution in [1.29, 1.82) is 0 Å². The van der Waals surface area contributed by atoms with Crippen LogP contribution in [0.2, 0.25) is 0 Å². The number of nitrogens with zero attached hydrogens (tertiary/aromatic N) is 3. The Labute approximate surface area is 179 Å². The lowest BCUT2D eigenvalue weighted by molar-refractivity contribution is -0.136. The van der Waals surface area contributed by atoms with Crippen molar-refractivity contribution in [2.45, 2.75) is 53.9 Å². The maximum absolute atomic E-state index is 11.6. The Balaban J connectivity index is 2.00. The number of aryl methyl sites for hydroxylation is 1. The lowest BCUT2D eigenvalue weighted by Gasteiger charge is -2.40. The number of carbonyl (C=O) groups is 1. The highest BCUT2D eigenvalue weighted by Gasteiger charge is 2.29. The molecule has 2 aromatic rings. The predicted octanol–water partition coefficient (Wildman–Crippen LogP) is 4.77. The fourth-order valence-electron chi connectivity index (χ4n) is 3.87. The molecule has 1 aliphatic rings. The van der Waals surface area contributed by atoms with Crippen LogP contribution in [0.25, 0.3) is 11.1 Å². The summed E-state index contributed by atoms with van der Waals surface area (Å²) >= 11 is 0. The van der Waals surface area contributed by atoms with E-state index < -0.39 is 5.97 Å². The van der Waals surface area contributed by atoms with Gasteiger partial charge in [-0.2, -0.15) is 0 Å². The highest BCUT2D eigenvalue weighted by molar-refractivity contribution is 5.84. The minimum atomic E-state index is -0.831. The summed E-state index contributed by atoms with van der Waals surface area (Å²) in [5.41, 5.74) is 4.83. The fraction of sp³-hybridized carbons (Fsp3) is 0.542. The van der Waals surface area contributed by atoms with Gasteiger partial charge in [0.15, 0.2) is 0 Å². The van der Waals surface area contributed by atoms with Crippen LogP contribution in [0.1, 0.15) is 51.8 Å². The molecule has 3 heterocycles. The average molecular weight is 411 g/mol. The first-order valence-electron chi connectivity index (χ1n) is 10.8. The number of anilines is 2. The summed E-state index contributed by atoms with van der Waals surface area (Å²) in [6.07, 6.45) is 5.86. The van der Waals surface area contributed by atoms with Crippen LogP contribution in [0, 0.1) is 18.3 Å². The molecule has 0 aliphatic carbocycles. The van der Waals surface area contributed by atoms with Gasteiger partial charge in [0.1, 0.15) is 5.82 Å². The van der Waals surface area contributed by atoms with E-state index >= 15 is 0 Å². The monoisotopic (exact) mass is 410 g/mol. The minimum Gasteiger partial charge on any atom is -0.481 e. The molecular weight excluding hydrogens is 376 g/mol. The Hall–Kier alpha value is -2.63. The molecule has 3 rings (SSSR count). The molecule has 0 atom stereocenters. The van der Waals surface area contributed by atoms with E-state index in [0.29, 0.717) is 11.3 Å². The number of pyridine rings is 2. The van der Waals surface area contributed by atoms with E-state index in [-0.39, 0.29) is 6.42 Å². The lowest BCUT2D eigenvalue weighted by atomic mass is 9.82. The molecule has 6 heteroatoms. The Bertz CT molecular complexity index is 881. The first kappa shape index (κ1) is 22.1. The number of nitrogens with one attached hydrogen (secondary N) is 1. The van der Waals surface area contributed by atoms with Crippen LogP contribution in [0.5, 0.6) is 0 Å². The van der Waals surface area contributed by atoms with Crippen LogP contribution >= 0.6 is 0 Å². The number of carboxylic acids is 1. The van der Waals surface area contributed by atoms with Crippen LogP contribution in [0.4, 0.5) is 11.5 Å². The molecule has 162 valence electrons. The molecule has 0 saturated carbocycles. The topological polar surface area (TPSA) is 78.4 Å². The van der Waals surface area contributed by atoms with Crippen LogP contribution in [-0.4, -0.2) is 40.7 Å². The third-order valence-corrected chi connectivity index (χ3v) is 5.89. The predicted molar refractivity (Wildman–Crippen MR) is 122 cm³/mol. The van der Waals surface area contributed by atoms with Crippen molar-refractivity contribution in [3.63, 3.8) is 0 Å². The third kappa shape index (κ3) is 5.29. The Morgan fingerprint density at radius 1 is 1.20 bits per heavy atom. The molecule has 1 aliphatic heterocycles. The van der Waals surface area contributed by atoms with Gasteiger partial charge in [-0.05, 0) is 43.2 Å². The summed E-state index contributed by atoms with van der Waals surface area (Å²) < 4.78 is 0. The number of hydrogen-bond donors (Lipinski definition) is 2. The molecule has 2 aromatic heterocycles. The van der Waals surface area contributed by atoms with Crippen LogP contribution in [0.15, 0.2) is 24.5 Å². The van der Waals surface area contributed by atoms with E-state index in [2.05, 4.69) is 47.9 Å². The van der Waals surface area contributed by atoms with Crippen molar-refractivity contribution in [3.8, 4) is 11.1 Å². The second-order valence-electron chi connectivity index (χ2n) is 9.51. The molecule has 0 radical (unpaired) electrons. The van der Waals surface area contributed by atoms with Gasteiger partial charge in [0.2, 0.25) is 0 Å². The van der Waals surface area contributed by atoms with Gasteiger partial charge >= 0.3 is 5.97 Å². The highest BCUT2D eigenvalue weighted by atomic mass is 16.4. The van der Waals surface area contributed by atoms with Gasteiger partial charge in [0, 0.05) is 54.4 Å². The van der Waals surface area contributed by atoms with Crippen LogP contribution in [-0.2, 0) is 11.2 Å². The van der Waals surface area contributed by atoms with E-state index in [1.165, 1.54) is 0 Å². The van der Waals surface area contributed by atoms with Crippen molar-refractivity contribution < 1.29 is 9.90 Å². The summed E-state index contributed by atoms with van der Waals surface area (Å²) in [5.74, 6) is 0.558. The van der Waals surface area contributed by atoms with E-state index in [9.17, 15) is 9.90 Å². The van der Waals surface area contributed by atoms with Crippen molar-refractivity contribution in [1.82, 2.24) is 9.97 Å². The third-order valence-electron chi connectivity index (χ3n) is 5.89. The van der Waals surface area contributed by atoms with Crippen molar-refractivity contribution in [3.05, 3.63) is 35.8 Å². The number of piperidine rings is 1. The van der Waals surface area contributed by atoms with Crippen molar-refractivity contribution in [2.24, 2.45) is 11.3 Å². The van der Waals surface area contributed by atoms with Crippen LogP contribution in [0.3, 0.4) is 0 Å². The zero-order chi connectivity index (χ0) is 21.9. The summed E-state index contributed by atoms with van der Waals surface area (Å²) in [4.78, 5) is 23.1. The number of aromatic nitrogens is 2. The largest absolute Gasteiger partial charge is 0.481 e. The van der Waals surface area contributed by atoms with E-state index in [4.69, 9.17) is 0 Å². The van der Waals surface area contributed by atoms with Crippen molar-refractivity contribution in [2.75, 3.05) is 29.9 Å². The standard InChI is InChI=1S/C24H34N4O2/c1-16(2)13-26-21-7-6-18(14-27-21)20-15-25-17(3)19(12-22(29)30)23(20)28-10-8-24(4,5)9-11-28/h6-7,14-16H,8-13H2,1-5H3,(H,26,27)(H,29,30). The summed E-state index contributed by atoms with van der Waals surface area (Å²) in [6.45, 7) is 13.5. The zero-order valence-electron chi connectivity index (χ0n) is 18.8. The summed E-state index contributed by atoms with van der Waals surface area (Å²) in [7, 11) is 0. The Morgan fingerprint density at radius 3 is 2.47 bits per heavy atom. The molecule has 2 N–H and O–H groups in total. The maximum Gasteiger partial charge on any atom is 0.307 e. The number of hydrogen-bond acceptors (Lipinski definition) is 5. The number of carboxylic acid groups (broad SMARTS) is 1. The first-order chi connectivity index (χ1) is 14.2. The lowest BCUT2D eigenvalue weighted by Crippen LogP contribution is -2.38. The van der Waals surface area contributed by atoms with E-state index in [0.717, 1.165) is 66.4 Å². The molecule has 1 fully saturated rings. The number of aliphatic carboxylic acids is 1. The molecular formula is C24H34N4O2. The van der Waals surface area contributed by atoms with E-state index in [1.807, 2.05) is 31.5 Å². The average Bonchev–Trinajstić information content (AvgIpc) is 2.68. The molecule has 1 saturated heterocycles. The second-order valence-corrected chi connectivity index (χ2v) is 9.51. The summed E-state index contributed by atoms with van der Waals surface area (Å²) in [6, 6.07) is 4.03. The quantitative estimate of drug-likeness (QED) is 0.684. The van der Waals surface area contributed by atoms with Gasteiger partial charge in [-0.3, -0.25) is 9.78 Å². The normalized spacial score (nSPS) is 16.0. The minimum absolute atomic E-state index is 0.0244. The van der Waals surface area contributed by atoms with Crippen molar-refractivity contribution >= 4 is 17.5 Å². The molecule has 0 spiro atoms. The molecule has 0 aromatic carbocycles. The van der Waals surface area contributed by atoms with Gasteiger partial charge < -0.3 is 15.3 Å². The molecule has 0 amide bonds. The SMILES string of the molecule is Cc1ncc(-c2ccc(NCC(C)C)nc2)c(N2CCC(C)(C)CC2)c1CC(=O)O. The molecule has 6 nitrogen and oxygen atoms in total. The first-order valence-corrected chi connectivity index (χ1v) is 10.8. The van der Waals surface area contributed by atoms with E-state index in [1.54, 1.807) is 0 Å². The van der Waals surface area contributed by atoms with Gasteiger partial charge in [-0.1, -0.05) is 27.7 Å².